The summed E-state index contributed by atoms with van der Waals surface area (Å²) in [5.41, 5.74) is 2.39. The zero-order chi connectivity index (χ0) is 21.6. The number of carbonyl (C=O) groups is 1. The predicted octanol–water partition coefficient (Wildman–Crippen LogP) is 2.82. The van der Waals surface area contributed by atoms with Crippen LogP contribution in [0.3, 0.4) is 0 Å². The van der Waals surface area contributed by atoms with Crippen molar-refractivity contribution in [2.75, 3.05) is 70.9 Å². The molecule has 0 saturated carbocycles. The van der Waals surface area contributed by atoms with Gasteiger partial charge in [-0.25, -0.2) is 0 Å². The molecule has 7 heteroatoms. The summed E-state index contributed by atoms with van der Waals surface area (Å²) in [4.78, 5) is 21.9. The molecule has 166 valence electrons. The first-order valence-corrected chi connectivity index (χ1v) is 11.3. The molecule has 0 atom stereocenters. The van der Waals surface area contributed by atoms with Gasteiger partial charge < -0.3 is 14.5 Å². The molecule has 2 heterocycles. The molecule has 0 radical (unpaired) electrons. The van der Waals surface area contributed by atoms with E-state index in [1.807, 2.05) is 35.2 Å². The largest absolute Gasteiger partial charge is 0.495 e. The van der Waals surface area contributed by atoms with E-state index in [1.165, 1.54) is 5.56 Å². The van der Waals surface area contributed by atoms with Gasteiger partial charge in [0.1, 0.15) is 5.75 Å². The van der Waals surface area contributed by atoms with Gasteiger partial charge in [-0.15, -0.1) is 0 Å². The Morgan fingerprint density at radius 2 is 1.52 bits per heavy atom. The van der Waals surface area contributed by atoms with E-state index in [2.05, 4.69) is 32.9 Å². The van der Waals surface area contributed by atoms with Crippen molar-refractivity contribution in [3.8, 4) is 5.75 Å². The fourth-order valence-corrected chi connectivity index (χ4v) is 4.46. The number of carbonyl (C=O) groups excluding carboxylic acids is 1. The lowest BCUT2D eigenvalue weighted by Gasteiger charge is -2.38. The zero-order valence-electron chi connectivity index (χ0n) is 18.2. The van der Waals surface area contributed by atoms with E-state index in [0.29, 0.717) is 6.54 Å². The molecule has 2 aliphatic rings. The summed E-state index contributed by atoms with van der Waals surface area (Å²) in [6.07, 6.45) is 0. The second kappa shape index (κ2) is 10.4. The standard InChI is InChI=1S/C24H31ClN4O2/c1-31-23-5-3-2-4-22(23)28-14-10-27(11-15-28)19-24(30)29-16-12-26(13-17-29)18-20-6-8-21(25)9-7-20/h2-9H,10-19H2,1H3. The van der Waals surface area contributed by atoms with Gasteiger partial charge in [0.2, 0.25) is 5.91 Å². The van der Waals surface area contributed by atoms with Gasteiger partial charge >= 0.3 is 0 Å². The van der Waals surface area contributed by atoms with Crippen LogP contribution in [0.5, 0.6) is 5.75 Å². The number of rotatable bonds is 6. The predicted molar refractivity (Wildman–Crippen MR) is 125 cm³/mol. The number of piperazine rings is 2. The Morgan fingerprint density at radius 3 is 2.19 bits per heavy atom. The Hall–Kier alpha value is -2.28. The van der Waals surface area contributed by atoms with Gasteiger partial charge in [0.15, 0.2) is 0 Å². The van der Waals surface area contributed by atoms with Crippen LogP contribution < -0.4 is 9.64 Å². The van der Waals surface area contributed by atoms with Crippen molar-refractivity contribution in [3.05, 3.63) is 59.1 Å². The second-order valence-electron chi connectivity index (χ2n) is 8.22. The number of hydrogen-bond donors (Lipinski definition) is 0. The third-order valence-corrected chi connectivity index (χ3v) is 6.45. The average Bonchev–Trinajstić information content (AvgIpc) is 2.81. The number of hydrogen-bond acceptors (Lipinski definition) is 5. The second-order valence-corrected chi connectivity index (χ2v) is 8.65. The first-order chi connectivity index (χ1) is 15.1. The lowest BCUT2D eigenvalue weighted by Crippen LogP contribution is -2.53. The highest BCUT2D eigenvalue weighted by Crippen LogP contribution is 2.28. The third kappa shape index (κ3) is 5.70. The van der Waals surface area contributed by atoms with Gasteiger partial charge in [-0.05, 0) is 29.8 Å². The molecule has 0 N–H and O–H groups in total. The minimum Gasteiger partial charge on any atom is -0.495 e. The molecule has 1 amide bonds. The van der Waals surface area contributed by atoms with Crippen LogP contribution in [-0.4, -0.2) is 86.6 Å². The monoisotopic (exact) mass is 442 g/mol. The summed E-state index contributed by atoms with van der Waals surface area (Å²) in [7, 11) is 1.71. The highest BCUT2D eigenvalue weighted by molar-refractivity contribution is 6.30. The Kier molecular flexibility index (Phi) is 7.33. The molecule has 6 nitrogen and oxygen atoms in total. The Labute approximate surface area is 189 Å². The fraction of sp³-hybridized carbons (Fsp3) is 0.458. The smallest absolute Gasteiger partial charge is 0.236 e. The van der Waals surface area contributed by atoms with E-state index in [-0.39, 0.29) is 5.91 Å². The SMILES string of the molecule is COc1ccccc1N1CCN(CC(=O)N2CCN(Cc3ccc(Cl)cc3)CC2)CC1. The Morgan fingerprint density at radius 1 is 0.871 bits per heavy atom. The fourth-order valence-electron chi connectivity index (χ4n) is 4.33. The number of methoxy groups -OCH3 is 1. The van der Waals surface area contributed by atoms with Crippen LogP contribution in [0.2, 0.25) is 5.02 Å². The molecular formula is C24H31ClN4O2. The summed E-state index contributed by atoms with van der Waals surface area (Å²) in [5.74, 6) is 1.15. The van der Waals surface area contributed by atoms with Crippen molar-refractivity contribution >= 4 is 23.2 Å². The minimum absolute atomic E-state index is 0.247. The molecule has 4 rings (SSSR count). The number of halogens is 1. The number of para-hydroxylation sites is 2. The normalized spacial score (nSPS) is 18.3. The minimum atomic E-state index is 0.247. The van der Waals surface area contributed by atoms with E-state index in [1.54, 1.807) is 7.11 Å². The number of anilines is 1. The van der Waals surface area contributed by atoms with E-state index in [0.717, 1.165) is 75.4 Å². The van der Waals surface area contributed by atoms with Crippen LogP contribution in [0.25, 0.3) is 0 Å². The molecule has 0 aromatic heterocycles. The van der Waals surface area contributed by atoms with Gasteiger partial charge in [0, 0.05) is 63.9 Å². The number of nitrogens with zero attached hydrogens (tertiary/aromatic N) is 4. The van der Waals surface area contributed by atoms with Gasteiger partial charge in [0.05, 0.1) is 19.3 Å². The van der Waals surface area contributed by atoms with E-state index in [9.17, 15) is 4.79 Å². The molecule has 2 saturated heterocycles. The molecule has 2 aliphatic heterocycles. The van der Waals surface area contributed by atoms with Crippen LogP contribution in [0.15, 0.2) is 48.5 Å². The summed E-state index contributed by atoms with van der Waals surface area (Å²) in [5, 5.41) is 0.767. The summed E-state index contributed by atoms with van der Waals surface area (Å²) in [6, 6.07) is 16.2. The molecule has 0 unspecified atom stereocenters. The molecule has 0 spiro atoms. The van der Waals surface area contributed by atoms with Crippen molar-refractivity contribution in [1.82, 2.24) is 14.7 Å². The molecule has 0 bridgehead atoms. The van der Waals surface area contributed by atoms with Crippen molar-refractivity contribution in [2.24, 2.45) is 0 Å². The van der Waals surface area contributed by atoms with Gasteiger partial charge in [-0.2, -0.15) is 0 Å². The molecule has 2 aromatic carbocycles. The van der Waals surface area contributed by atoms with Crippen LogP contribution >= 0.6 is 11.6 Å². The lowest BCUT2D eigenvalue weighted by molar-refractivity contribution is -0.134. The molecule has 2 aromatic rings. The number of amides is 1. The van der Waals surface area contributed by atoms with Gasteiger partial charge in [-0.3, -0.25) is 14.6 Å². The van der Waals surface area contributed by atoms with Crippen LogP contribution in [0.4, 0.5) is 5.69 Å². The Balaban J connectivity index is 1.20. The zero-order valence-corrected chi connectivity index (χ0v) is 18.9. The van der Waals surface area contributed by atoms with Gasteiger partial charge in [0.25, 0.3) is 0 Å². The van der Waals surface area contributed by atoms with Crippen molar-refractivity contribution in [2.45, 2.75) is 6.54 Å². The highest BCUT2D eigenvalue weighted by atomic mass is 35.5. The average molecular weight is 443 g/mol. The molecule has 2 fully saturated rings. The lowest BCUT2D eigenvalue weighted by atomic mass is 10.2. The van der Waals surface area contributed by atoms with Crippen LogP contribution in [0.1, 0.15) is 5.56 Å². The van der Waals surface area contributed by atoms with E-state index >= 15 is 0 Å². The highest BCUT2D eigenvalue weighted by Gasteiger charge is 2.25. The van der Waals surface area contributed by atoms with Crippen molar-refractivity contribution in [3.63, 3.8) is 0 Å². The van der Waals surface area contributed by atoms with E-state index in [4.69, 9.17) is 16.3 Å². The summed E-state index contributed by atoms with van der Waals surface area (Å²) < 4.78 is 5.49. The number of ether oxygens (including phenoxy) is 1. The third-order valence-electron chi connectivity index (χ3n) is 6.20. The first-order valence-electron chi connectivity index (χ1n) is 11.0. The number of benzene rings is 2. The van der Waals surface area contributed by atoms with Crippen molar-refractivity contribution in [1.29, 1.82) is 0 Å². The van der Waals surface area contributed by atoms with Gasteiger partial charge in [-0.1, -0.05) is 35.9 Å². The van der Waals surface area contributed by atoms with E-state index < -0.39 is 0 Å². The Bertz CT molecular complexity index is 860. The van der Waals surface area contributed by atoms with Crippen LogP contribution in [0, 0.1) is 0 Å². The summed E-state index contributed by atoms with van der Waals surface area (Å²) >= 11 is 5.97. The first kappa shape index (κ1) is 21.9. The molecular weight excluding hydrogens is 412 g/mol. The molecule has 0 aliphatic carbocycles. The maximum atomic E-state index is 12.8. The summed E-state index contributed by atoms with van der Waals surface area (Å²) in [6.45, 7) is 8.43. The van der Waals surface area contributed by atoms with Crippen LogP contribution in [-0.2, 0) is 11.3 Å². The molecule has 31 heavy (non-hydrogen) atoms. The topological polar surface area (TPSA) is 39.3 Å². The maximum absolute atomic E-state index is 12.8. The van der Waals surface area contributed by atoms with Crippen molar-refractivity contribution < 1.29 is 9.53 Å². The quantitative estimate of drug-likeness (QED) is 0.688. The maximum Gasteiger partial charge on any atom is 0.236 e.